The second-order valence-electron chi connectivity index (χ2n) is 7.25. The van der Waals surface area contributed by atoms with Gasteiger partial charge in [-0.25, -0.2) is 12.8 Å². The molecule has 1 aromatic carbocycles. The molecule has 1 saturated heterocycles. The maximum absolute atomic E-state index is 14.2. The van der Waals surface area contributed by atoms with Crippen LogP contribution in [-0.2, 0) is 19.6 Å². The van der Waals surface area contributed by atoms with E-state index in [0.717, 1.165) is 12.5 Å². The van der Waals surface area contributed by atoms with Crippen LogP contribution >= 0.6 is 0 Å². The van der Waals surface area contributed by atoms with Crippen LogP contribution in [-0.4, -0.2) is 44.9 Å². The van der Waals surface area contributed by atoms with E-state index in [0.29, 0.717) is 31.2 Å². The average molecular weight is 399 g/mol. The molecule has 8 heteroatoms. The standard InChI is InChI=1S/C19H27FN2O4S/c20-17-8-7-16(21-19(23)9-6-15-4-2-1-3-5-15)14-18(17)27(24,25)22-10-12-26-13-11-22/h7-8,14-15H,1-6,9-13H2,(H,21,23). The molecule has 1 amide bonds. The Morgan fingerprint density at radius 2 is 1.89 bits per heavy atom. The molecule has 6 nitrogen and oxygen atoms in total. The number of halogens is 1. The molecule has 150 valence electrons. The fraction of sp³-hybridized carbons (Fsp3) is 0.632. The predicted octanol–water partition coefficient (Wildman–Crippen LogP) is 3.15. The highest BCUT2D eigenvalue weighted by Gasteiger charge is 2.29. The number of morpholine rings is 1. The summed E-state index contributed by atoms with van der Waals surface area (Å²) in [4.78, 5) is 11.8. The van der Waals surface area contributed by atoms with Gasteiger partial charge in [-0.05, 0) is 30.5 Å². The van der Waals surface area contributed by atoms with E-state index in [1.165, 1.54) is 48.5 Å². The Kier molecular flexibility index (Phi) is 6.83. The van der Waals surface area contributed by atoms with Crippen LogP contribution in [0.1, 0.15) is 44.9 Å². The highest BCUT2D eigenvalue weighted by Crippen LogP contribution is 2.28. The van der Waals surface area contributed by atoms with E-state index in [1.807, 2.05) is 0 Å². The minimum Gasteiger partial charge on any atom is -0.379 e. The van der Waals surface area contributed by atoms with Crippen molar-refractivity contribution < 1.29 is 22.3 Å². The van der Waals surface area contributed by atoms with E-state index in [9.17, 15) is 17.6 Å². The van der Waals surface area contributed by atoms with Gasteiger partial charge in [0.1, 0.15) is 10.7 Å². The van der Waals surface area contributed by atoms with E-state index in [1.54, 1.807) is 0 Å². The van der Waals surface area contributed by atoms with Crippen LogP contribution in [0.15, 0.2) is 23.1 Å². The first-order valence-corrected chi connectivity index (χ1v) is 11.1. The van der Waals surface area contributed by atoms with Gasteiger partial charge in [0, 0.05) is 25.2 Å². The number of sulfonamides is 1. The zero-order valence-corrected chi connectivity index (χ0v) is 16.3. The molecule has 1 heterocycles. The van der Waals surface area contributed by atoms with Crippen molar-refractivity contribution in [1.82, 2.24) is 4.31 Å². The molecule has 27 heavy (non-hydrogen) atoms. The third-order valence-electron chi connectivity index (χ3n) is 5.31. The molecular formula is C19H27FN2O4S. The molecule has 0 radical (unpaired) electrons. The first kappa shape index (κ1) is 20.2. The summed E-state index contributed by atoms with van der Waals surface area (Å²) in [6.07, 6.45) is 7.32. The smallest absolute Gasteiger partial charge is 0.246 e. The molecule has 0 unspecified atom stereocenters. The summed E-state index contributed by atoms with van der Waals surface area (Å²) in [6, 6.07) is 3.69. The Labute approximate surface area is 160 Å². The lowest BCUT2D eigenvalue weighted by atomic mass is 9.86. The van der Waals surface area contributed by atoms with Gasteiger partial charge in [-0.15, -0.1) is 0 Å². The van der Waals surface area contributed by atoms with Gasteiger partial charge < -0.3 is 10.1 Å². The molecule has 1 N–H and O–H groups in total. The average Bonchev–Trinajstić information content (AvgIpc) is 2.69. The number of nitrogens with one attached hydrogen (secondary N) is 1. The normalized spacial score (nSPS) is 19.7. The van der Waals surface area contributed by atoms with Crippen molar-refractivity contribution in [1.29, 1.82) is 0 Å². The van der Waals surface area contributed by atoms with E-state index in [2.05, 4.69) is 5.32 Å². The number of hydrogen-bond donors (Lipinski definition) is 1. The summed E-state index contributed by atoms with van der Waals surface area (Å²) < 4.78 is 46.0. The maximum Gasteiger partial charge on any atom is 0.246 e. The summed E-state index contributed by atoms with van der Waals surface area (Å²) in [6.45, 7) is 0.969. The van der Waals surface area contributed by atoms with Gasteiger partial charge in [0.05, 0.1) is 13.2 Å². The Bertz CT molecular complexity index is 757. The highest BCUT2D eigenvalue weighted by atomic mass is 32.2. The molecule has 1 aliphatic carbocycles. The van der Waals surface area contributed by atoms with Gasteiger partial charge in [0.25, 0.3) is 0 Å². The summed E-state index contributed by atoms with van der Waals surface area (Å²) >= 11 is 0. The number of rotatable bonds is 6. The molecule has 0 aromatic heterocycles. The van der Waals surface area contributed by atoms with E-state index in [-0.39, 0.29) is 19.0 Å². The van der Waals surface area contributed by atoms with E-state index >= 15 is 0 Å². The molecule has 2 aliphatic rings. The fourth-order valence-electron chi connectivity index (χ4n) is 3.74. The van der Waals surface area contributed by atoms with Gasteiger partial charge in [-0.3, -0.25) is 4.79 Å². The molecular weight excluding hydrogens is 371 g/mol. The van der Waals surface area contributed by atoms with Crippen molar-refractivity contribution in [2.45, 2.75) is 49.8 Å². The number of benzene rings is 1. The molecule has 3 rings (SSSR count). The monoisotopic (exact) mass is 398 g/mol. The fourth-order valence-corrected chi connectivity index (χ4v) is 5.24. The van der Waals surface area contributed by atoms with Gasteiger partial charge in [0.15, 0.2) is 0 Å². The van der Waals surface area contributed by atoms with Crippen molar-refractivity contribution in [3.05, 3.63) is 24.0 Å². The first-order chi connectivity index (χ1) is 13.0. The van der Waals surface area contributed by atoms with Crippen molar-refractivity contribution in [2.75, 3.05) is 31.6 Å². The van der Waals surface area contributed by atoms with Crippen LogP contribution in [0.4, 0.5) is 10.1 Å². The highest BCUT2D eigenvalue weighted by molar-refractivity contribution is 7.89. The van der Waals surface area contributed by atoms with Gasteiger partial charge in [-0.1, -0.05) is 32.1 Å². The predicted molar refractivity (Wildman–Crippen MR) is 100 cm³/mol. The van der Waals surface area contributed by atoms with Crippen LogP contribution in [0.5, 0.6) is 0 Å². The first-order valence-electron chi connectivity index (χ1n) is 9.64. The second kappa shape index (κ2) is 9.12. The summed E-state index contributed by atoms with van der Waals surface area (Å²) in [7, 11) is -3.95. The van der Waals surface area contributed by atoms with Crippen molar-refractivity contribution in [3.8, 4) is 0 Å². The largest absolute Gasteiger partial charge is 0.379 e. The summed E-state index contributed by atoms with van der Waals surface area (Å²) in [5.74, 6) is -0.390. The molecule has 1 aliphatic heterocycles. The number of carbonyl (C=O) groups is 1. The number of amides is 1. The van der Waals surface area contributed by atoms with Crippen molar-refractivity contribution in [2.24, 2.45) is 5.92 Å². The Morgan fingerprint density at radius 1 is 1.19 bits per heavy atom. The molecule has 0 atom stereocenters. The zero-order chi connectivity index (χ0) is 19.3. The van der Waals surface area contributed by atoms with Crippen molar-refractivity contribution in [3.63, 3.8) is 0 Å². The van der Waals surface area contributed by atoms with Crippen LogP contribution in [0, 0.1) is 11.7 Å². The topological polar surface area (TPSA) is 75.7 Å². The zero-order valence-electron chi connectivity index (χ0n) is 15.5. The number of anilines is 1. The number of ether oxygens (including phenoxy) is 1. The second-order valence-corrected chi connectivity index (χ2v) is 9.16. The Hall–Kier alpha value is -1.51. The third-order valence-corrected chi connectivity index (χ3v) is 7.22. The van der Waals surface area contributed by atoms with Gasteiger partial charge >= 0.3 is 0 Å². The van der Waals surface area contributed by atoms with Crippen LogP contribution in [0.3, 0.4) is 0 Å². The van der Waals surface area contributed by atoms with Gasteiger partial charge in [-0.2, -0.15) is 4.31 Å². The molecule has 2 fully saturated rings. The molecule has 0 spiro atoms. The Morgan fingerprint density at radius 3 is 2.59 bits per heavy atom. The van der Waals surface area contributed by atoms with Crippen molar-refractivity contribution >= 4 is 21.6 Å². The number of nitrogens with zero attached hydrogens (tertiary/aromatic N) is 1. The SMILES string of the molecule is O=C(CCC1CCCCC1)Nc1ccc(F)c(S(=O)(=O)N2CCOCC2)c1. The lowest BCUT2D eigenvalue weighted by Crippen LogP contribution is -2.40. The third kappa shape index (κ3) is 5.27. The summed E-state index contributed by atoms with van der Waals surface area (Å²) in [5.41, 5.74) is 0.303. The Balaban J connectivity index is 1.64. The van der Waals surface area contributed by atoms with E-state index < -0.39 is 20.7 Å². The maximum atomic E-state index is 14.2. The van der Waals surface area contributed by atoms with E-state index in [4.69, 9.17) is 4.74 Å². The number of hydrogen-bond acceptors (Lipinski definition) is 4. The minimum absolute atomic E-state index is 0.165. The van der Waals surface area contributed by atoms with Gasteiger partial charge in [0.2, 0.25) is 15.9 Å². The molecule has 1 aromatic rings. The van der Waals surface area contributed by atoms with Crippen LogP contribution in [0.2, 0.25) is 0 Å². The van der Waals surface area contributed by atoms with Crippen LogP contribution in [0.25, 0.3) is 0 Å². The minimum atomic E-state index is -3.95. The lowest BCUT2D eigenvalue weighted by Gasteiger charge is -2.26. The quantitative estimate of drug-likeness (QED) is 0.799. The molecule has 0 bridgehead atoms. The molecule has 1 saturated carbocycles. The van der Waals surface area contributed by atoms with Crippen LogP contribution < -0.4 is 5.32 Å². The summed E-state index contributed by atoms with van der Waals surface area (Å²) in [5, 5.41) is 2.71. The number of carbonyl (C=O) groups excluding carboxylic acids is 1. The lowest BCUT2D eigenvalue weighted by molar-refractivity contribution is -0.116.